The molecule has 1 aromatic rings. The number of nitrogens with zero attached hydrogens (tertiary/aromatic N) is 1. The standard InChI is InChI=1S/C16H27N3O2.HI/c1-3-8-18-16(17)19-12-14-6-5-7-15(11-14)13-21-10-9-20-4-2;/h5-7,11H,3-4,8-10,12-13H2,1-2H3,(H3,17,18,19);1H. The van der Waals surface area contributed by atoms with E-state index in [1.807, 2.05) is 25.1 Å². The largest absolute Gasteiger partial charge is 0.379 e. The second-order valence-corrected chi connectivity index (χ2v) is 4.70. The second kappa shape index (κ2) is 13.8. The molecule has 0 bridgehead atoms. The number of hydrogen-bond acceptors (Lipinski definition) is 3. The van der Waals surface area contributed by atoms with Crippen molar-refractivity contribution in [2.45, 2.75) is 33.4 Å². The van der Waals surface area contributed by atoms with Gasteiger partial charge < -0.3 is 20.5 Å². The third-order valence-corrected chi connectivity index (χ3v) is 2.82. The SMILES string of the molecule is CCCNC(N)=NCc1cccc(COCCOCC)c1.I. The molecule has 0 aliphatic rings. The zero-order valence-electron chi connectivity index (χ0n) is 13.5. The van der Waals surface area contributed by atoms with Crippen LogP contribution in [-0.4, -0.2) is 32.3 Å². The maximum absolute atomic E-state index is 5.77. The summed E-state index contributed by atoms with van der Waals surface area (Å²) in [6, 6.07) is 8.20. The molecule has 5 nitrogen and oxygen atoms in total. The van der Waals surface area contributed by atoms with Crippen LogP contribution in [0.5, 0.6) is 0 Å². The van der Waals surface area contributed by atoms with E-state index in [9.17, 15) is 0 Å². The smallest absolute Gasteiger partial charge is 0.188 e. The first-order valence-corrected chi connectivity index (χ1v) is 7.53. The number of rotatable bonds is 10. The Morgan fingerprint density at radius 1 is 1.18 bits per heavy atom. The first-order valence-electron chi connectivity index (χ1n) is 7.53. The number of nitrogens with two attached hydrogens (primary N) is 1. The highest BCUT2D eigenvalue weighted by atomic mass is 127. The maximum atomic E-state index is 5.77. The van der Waals surface area contributed by atoms with Crippen molar-refractivity contribution in [3.63, 3.8) is 0 Å². The van der Waals surface area contributed by atoms with Crippen LogP contribution >= 0.6 is 24.0 Å². The predicted octanol–water partition coefficient (Wildman–Crippen LogP) is 2.67. The molecule has 0 amide bonds. The number of hydrogen-bond donors (Lipinski definition) is 2. The Labute approximate surface area is 150 Å². The summed E-state index contributed by atoms with van der Waals surface area (Å²) in [4.78, 5) is 4.32. The highest BCUT2D eigenvalue weighted by Gasteiger charge is 1.97. The zero-order valence-corrected chi connectivity index (χ0v) is 15.8. The molecule has 0 saturated heterocycles. The topological polar surface area (TPSA) is 68.9 Å². The molecule has 6 heteroatoms. The number of aliphatic imine (C=N–C) groups is 1. The molecule has 126 valence electrons. The van der Waals surface area contributed by atoms with Crippen LogP contribution in [0.25, 0.3) is 0 Å². The first kappa shape index (κ1) is 21.1. The Bertz CT molecular complexity index is 428. The summed E-state index contributed by atoms with van der Waals surface area (Å²) >= 11 is 0. The minimum Gasteiger partial charge on any atom is -0.379 e. The van der Waals surface area contributed by atoms with Gasteiger partial charge >= 0.3 is 0 Å². The third-order valence-electron chi connectivity index (χ3n) is 2.82. The fraction of sp³-hybridized carbons (Fsp3) is 0.562. The van der Waals surface area contributed by atoms with Crippen molar-refractivity contribution in [2.24, 2.45) is 10.7 Å². The van der Waals surface area contributed by atoms with Crippen LogP contribution in [0.1, 0.15) is 31.4 Å². The van der Waals surface area contributed by atoms with Gasteiger partial charge in [0.25, 0.3) is 0 Å². The number of benzene rings is 1. The van der Waals surface area contributed by atoms with Gasteiger partial charge in [-0.2, -0.15) is 0 Å². The van der Waals surface area contributed by atoms with Gasteiger partial charge in [-0.15, -0.1) is 24.0 Å². The summed E-state index contributed by atoms with van der Waals surface area (Å²) in [7, 11) is 0. The fourth-order valence-corrected chi connectivity index (χ4v) is 1.76. The predicted molar refractivity (Wildman–Crippen MR) is 102 cm³/mol. The monoisotopic (exact) mass is 421 g/mol. The Morgan fingerprint density at radius 2 is 1.91 bits per heavy atom. The summed E-state index contributed by atoms with van der Waals surface area (Å²) in [6.45, 7) is 8.07. The van der Waals surface area contributed by atoms with Crippen LogP contribution in [0.15, 0.2) is 29.3 Å². The van der Waals surface area contributed by atoms with E-state index in [1.165, 1.54) is 0 Å². The van der Waals surface area contributed by atoms with Crippen LogP contribution in [0, 0.1) is 0 Å². The molecule has 0 aromatic heterocycles. The van der Waals surface area contributed by atoms with Crippen LogP contribution < -0.4 is 11.1 Å². The Kier molecular flexibility index (Phi) is 13.2. The maximum Gasteiger partial charge on any atom is 0.188 e. The van der Waals surface area contributed by atoms with Gasteiger partial charge in [0.1, 0.15) is 0 Å². The van der Waals surface area contributed by atoms with Gasteiger partial charge in [0.05, 0.1) is 26.4 Å². The highest BCUT2D eigenvalue weighted by Crippen LogP contribution is 2.08. The molecule has 0 spiro atoms. The van der Waals surface area contributed by atoms with Crippen molar-refractivity contribution in [3.8, 4) is 0 Å². The summed E-state index contributed by atoms with van der Waals surface area (Å²) in [5, 5.41) is 3.06. The van der Waals surface area contributed by atoms with Gasteiger partial charge in [0.2, 0.25) is 0 Å². The lowest BCUT2D eigenvalue weighted by atomic mass is 10.1. The molecule has 0 aliphatic carbocycles. The lowest BCUT2D eigenvalue weighted by molar-refractivity contribution is 0.0453. The van der Waals surface area contributed by atoms with Crippen LogP contribution in [0.3, 0.4) is 0 Å². The second-order valence-electron chi connectivity index (χ2n) is 4.70. The zero-order chi connectivity index (χ0) is 15.3. The lowest BCUT2D eigenvalue weighted by Gasteiger charge is -2.07. The van der Waals surface area contributed by atoms with Gasteiger partial charge in [-0.05, 0) is 24.5 Å². The summed E-state index contributed by atoms with van der Waals surface area (Å²) in [6.07, 6.45) is 1.03. The number of ether oxygens (including phenoxy) is 2. The Balaban J connectivity index is 0.00000441. The quantitative estimate of drug-likeness (QED) is 0.264. The number of guanidine groups is 1. The van der Waals surface area contributed by atoms with E-state index in [2.05, 4.69) is 23.3 Å². The molecule has 22 heavy (non-hydrogen) atoms. The van der Waals surface area contributed by atoms with Gasteiger partial charge in [0.15, 0.2) is 5.96 Å². The summed E-state index contributed by atoms with van der Waals surface area (Å²) in [5.74, 6) is 0.496. The summed E-state index contributed by atoms with van der Waals surface area (Å²) in [5.41, 5.74) is 8.04. The van der Waals surface area contributed by atoms with Crippen molar-refractivity contribution in [2.75, 3.05) is 26.4 Å². The van der Waals surface area contributed by atoms with Crippen LogP contribution in [0.2, 0.25) is 0 Å². The molecule has 3 N–H and O–H groups in total. The van der Waals surface area contributed by atoms with Crippen molar-refractivity contribution in [1.82, 2.24) is 5.32 Å². The van der Waals surface area contributed by atoms with E-state index in [4.69, 9.17) is 15.2 Å². The van der Waals surface area contributed by atoms with E-state index in [1.54, 1.807) is 0 Å². The molecule has 0 saturated carbocycles. The molecule has 0 fully saturated rings. The third kappa shape index (κ3) is 9.97. The molecular formula is C16H28IN3O2. The molecule has 0 unspecified atom stereocenters. The van der Waals surface area contributed by atoms with Gasteiger partial charge in [-0.25, -0.2) is 4.99 Å². The minimum atomic E-state index is 0. The van der Waals surface area contributed by atoms with E-state index in [0.717, 1.165) is 30.7 Å². The van der Waals surface area contributed by atoms with Gasteiger partial charge in [0, 0.05) is 13.2 Å². The molecule has 1 aromatic carbocycles. The molecule has 0 atom stereocenters. The van der Waals surface area contributed by atoms with Crippen LogP contribution in [0.4, 0.5) is 0 Å². The highest BCUT2D eigenvalue weighted by molar-refractivity contribution is 14.0. The normalized spacial score (nSPS) is 11.1. The minimum absolute atomic E-state index is 0. The van der Waals surface area contributed by atoms with E-state index < -0.39 is 0 Å². The molecular weight excluding hydrogens is 393 g/mol. The van der Waals surface area contributed by atoms with Crippen molar-refractivity contribution in [1.29, 1.82) is 0 Å². The summed E-state index contributed by atoms with van der Waals surface area (Å²) < 4.78 is 10.8. The van der Waals surface area contributed by atoms with Crippen molar-refractivity contribution >= 4 is 29.9 Å². The van der Waals surface area contributed by atoms with Crippen molar-refractivity contribution in [3.05, 3.63) is 35.4 Å². The Hall–Kier alpha value is -0.860. The molecule has 0 radical (unpaired) electrons. The lowest BCUT2D eigenvalue weighted by Crippen LogP contribution is -2.32. The average molecular weight is 421 g/mol. The van der Waals surface area contributed by atoms with Crippen molar-refractivity contribution < 1.29 is 9.47 Å². The van der Waals surface area contributed by atoms with E-state index in [0.29, 0.717) is 32.3 Å². The average Bonchev–Trinajstić information content (AvgIpc) is 2.51. The van der Waals surface area contributed by atoms with Crippen LogP contribution in [-0.2, 0) is 22.6 Å². The fourth-order valence-electron chi connectivity index (χ4n) is 1.76. The van der Waals surface area contributed by atoms with Gasteiger partial charge in [-0.1, -0.05) is 31.2 Å². The molecule has 0 heterocycles. The van der Waals surface area contributed by atoms with E-state index in [-0.39, 0.29) is 24.0 Å². The number of nitrogens with one attached hydrogen (secondary N) is 1. The van der Waals surface area contributed by atoms with E-state index >= 15 is 0 Å². The molecule has 1 rings (SSSR count). The first-order chi connectivity index (χ1) is 10.3. The van der Waals surface area contributed by atoms with Gasteiger partial charge in [-0.3, -0.25) is 0 Å². The Morgan fingerprint density at radius 3 is 2.64 bits per heavy atom. The number of halogens is 1. The molecule has 0 aliphatic heterocycles.